The molecule has 0 N–H and O–H groups in total. The molecule has 0 radical (unpaired) electrons. The maximum Gasteiger partial charge on any atom is 0.0936 e. The highest BCUT2D eigenvalue weighted by molar-refractivity contribution is 7.15. The normalized spacial score (nSPS) is 12.5. The molecule has 0 aliphatic carbocycles. The highest BCUT2D eigenvalue weighted by Gasteiger charge is 2.20. The van der Waals surface area contributed by atoms with E-state index in [4.69, 9.17) is 0 Å². The van der Waals surface area contributed by atoms with E-state index in [0.717, 1.165) is 23.4 Å². The third-order valence-electron chi connectivity index (χ3n) is 5.58. The van der Waals surface area contributed by atoms with Gasteiger partial charge in [0, 0.05) is 20.9 Å². The summed E-state index contributed by atoms with van der Waals surface area (Å²) in [4.78, 5) is 2.69. The molecule has 2 aromatic carbocycles. The molecule has 0 fully saturated rings. The first kappa shape index (κ1) is 21.7. The van der Waals surface area contributed by atoms with Crippen molar-refractivity contribution >= 4 is 22.1 Å². The molecular weight excluding hydrogens is 396 g/mol. The van der Waals surface area contributed by atoms with Gasteiger partial charge < -0.3 is 0 Å². The van der Waals surface area contributed by atoms with Gasteiger partial charge in [0.1, 0.15) is 0 Å². The van der Waals surface area contributed by atoms with E-state index in [-0.39, 0.29) is 10.8 Å². The number of thiophene rings is 1. The molecule has 4 aromatic rings. The second kappa shape index (κ2) is 7.87. The van der Waals surface area contributed by atoms with E-state index < -0.39 is 0 Å². The Balaban J connectivity index is 1.81. The summed E-state index contributed by atoms with van der Waals surface area (Å²) in [7, 11) is 0. The van der Waals surface area contributed by atoms with Crippen LogP contribution in [0.15, 0.2) is 54.6 Å². The molecule has 31 heavy (non-hydrogen) atoms. The first-order chi connectivity index (χ1) is 14.5. The van der Waals surface area contributed by atoms with Gasteiger partial charge >= 0.3 is 0 Å². The highest BCUT2D eigenvalue weighted by Crippen LogP contribution is 2.37. The average Bonchev–Trinajstić information content (AvgIpc) is 3.13. The molecule has 0 saturated heterocycles. The van der Waals surface area contributed by atoms with Crippen molar-refractivity contribution in [2.75, 3.05) is 0 Å². The number of hydrogen-bond acceptors (Lipinski definition) is 3. The maximum atomic E-state index is 4.59. The smallest absolute Gasteiger partial charge is 0.0936 e. The van der Waals surface area contributed by atoms with Crippen LogP contribution in [0.4, 0.5) is 0 Å². The van der Waals surface area contributed by atoms with Gasteiger partial charge in [-0.05, 0) is 70.8 Å². The van der Waals surface area contributed by atoms with E-state index >= 15 is 0 Å². The van der Waals surface area contributed by atoms with E-state index in [1.165, 1.54) is 31.7 Å². The van der Waals surface area contributed by atoms with Crippen LogP contribution in [0.25, 0.3) is 32.5 Å². The molecule has 0 aliphatic rings. The van der Waals surface area contributed by atoms with Crippen LogP contribution >= 0.6 is 11.3 Å². The number of aromatic nitrogens is 2. The summed E-state index contributed by atoms with van der Waals surface area (Å²) in [6.45, 7) is 15.7. The van der Waals surface area contributed by atoms with Crippen molar-refractivity contribution in [2.24, 2.45) is 5.41 Å². The Morgan fingerprint density at radius 2 is 1.58 bits per heavy atom. The second-order valence-electron chi connectivity index (χ2n) is 10.7. The summed E-state index contributed by atoms with van der Waals surface area (Å²) in [6, 6.07) is 19.9. The topological polar surface area (TPSA) is 25.8 Å². The van der Waals surface area contributed by atoms with Crippen molar-refractivity contribution in [3.05, 3.63) is 70.7 Å². The number of rotatable bonds is 3. The van der Waals surface area contributed by atoms with Crippen molar-refractivity contribution in [3.63, 3.8) is 0 Å². The molecule has 4 rings (SSSR count). The van der Waals surface area contributed by atoms with Gasteiger partial charge in [0.15, 0.2) is 0 Å². The molecule has 2 nitrogen and oxygen atoms in total. The van der Waals surface area contributed by atoms with Gasteiger partial charge in [0.05, 0.1) is 11.4 Å². The Morgan fingerprint density at radius 1 is 0.839 bits per heavy atom. The summed E-state index contributed by atoms with van der Waals surface area (Å²) >= 11 is 1.87. The van der Waals surface area contributed by atoms with E-state index in [9.17, 15) is 0 Å². The van der Waals surface area contributed by atoms with Crippen LogP contribution in [-0.4, -0.2) is 10.2 Å². The molecule has 0 aliphatic heterocycles. The van der Waals surface area contributed by atoms with Gasteiger partial charge in [-0.1, -0.05) is 65.8 Å². The summed E-state index contributed by atoms with van der Waals surface area (Å²) in [5, 5.41) is 11.7. The summed E-state index contributed by atoms with van der Waals surface area (Å²) < 4.78 is 0. The average molecular weight is 429 g/mol. The molecule has 2 heterocycles. The van der Waals surface area contributed by atoms with Crippen LogP contribution in [0.5, 0.6) is 0 Å². The predicted octanol–water partition coefficient (Wildman–Crippen LogP) is 8.22. The fourth-order valence-corrected chi connectivity index (χ4v) is 5.44. The summed E-state index contributed by atoms with van der Waals surface area (Å²) in [5.41, 5.74) is 5.89. The van der Waals surface area contributed by atoms with Crippen LogP contribution in [0.2, 0.25) is 0 Å². The van der Waals surface area contributed by atoms with Gasteiger partial charge in [-0.3, -0.25) is 0 Å². The molecule has 0 unspecified atom stereocenters. The van der Waals surface area contributed by atoms with Crippen molar-refractivity contribution in [2.45, 2.75) is 60.3 Å². The first-order valence-electron chi connectivity index (χ1n) is 11.0. The quantitative estimate of drug-likeness (QED) is 0.328. The summed E-state index contributed by atoms with van der Waals surface area (Å²) in [5.74, 6) is 0. The van der Waals surface area contributed by atoms with Gasteiger partial charge in [0.25, 0.3) is 0 Å². The molecule has 0 spiro atoms. The van der Waals surface area contributed by atoms with E-state index in [1.807, 2.05) is 11.3 Å². The highest BCUT2D eigenvalue weighted by atomic mass is 32.1. The number of hydrogen-bond donors (Lipinski definition) is 0. The Bertz CT molecular complexity index is 1240. The zero-order valence-electron chi connectivity index (χ0n) is 19.7. The Kier molecular flexibility index (Phi) is 5.51. The molecule has 0 atom stereocenters. The minimum atomic E-state index is 0.0478. The van der Waals surface area contributed by atoms with E-state index in [0.29, 0.717) is 0 Å². The lowest BCUT2D eigenvalue weighted by Gasteiger charge is -2.22. The van der Waals surface area contributed by atoms with Gasteiger partial charge in [-0.15, -0.1) is 11.3 Å². The lowest BCUT2D eigenvalue weighted by Crippen LogP contribution is -2.12. The number of benzene rings is 2. The number of fused-ring (bicyclic) bond motifs is 1. The fourth-order valence-electron chi connectivity index (χ4n) is 4.06. The monoisotopic (exact) mass is 428 g/mol. The second-order valence-corrected chi connectivity index (χ2v) is 11.9. The van der Waals surface area contributed by atoms with Crippen LogP contribution in [-0.2, 0) is 11.8 Å². The number of nitrogens with zero attached hydrogens (tertiary/aromatic N) is 2. The zero-order valence-corrected chi connectivity index (χ0v) is 20.5. The molecule has 0 bridgehead atoms. The maximum absolute atomic E-state index is 4.59. The molecule has 0 amide bonds. The zero-order chi connectivity index (χ0) is 22.4. The van der Waals surface area contributed by atoms with Gasteiger partial charge in [0.2, 0.25) is 0 Å². The Hall–Kier alpha value is -2.52. The van der Waals surface area contributed by atoms with E-state index in [1.54, 1.807) is 0 Å². The minimum Gasteiger partial charge on any atom is -0.155 e. The fraction of sp³-hybridized carbons (Fsp3) is 0.357. The Morgan fingerprint density at radius 3 is 2.29 bits per heavy atom. The van der Waals surface area contributed by atoms with Crippen molar-refractivity contribution in [1.82, 2.24) is 10.2 Å². The standard InChI is InChI=1S/C28H32N2S/c1-18-23(26-13-12-21(31-26)17-27(2,3)4)16-25(30-29-18)20-14-19-10-8-9-11-22(19)24(15-20)28(5,6)7/h8-16H,17H2,1-7H3. The largest absolute Gasteiger partial charge is 0.155 e. The molecule has 3 heteroatoms. The van der Waals surface area contributed by atoms with Gasteiger partial charge in [-0.2, -0.15) is 10.2 Å². The lowest BCUT2D eigenvalue weighted by molar-refractivity contribution is 0.414. The lowest BCUT2D eigenvalue weighted by atomic mass is 9.82. The SMILES string of the molecule is Cc1nnc(-c2cc(C(C)(C)C)c3ccccc3c2)cc1-c1ccc(CC(C)(C)C)s1. The summed E-state index contributed by atoms with van der Waals surface area (Å²) in [6.07, 6.45) is 1.09. The number of aryl methyl sites for hydroxylation is 1. The minimum absolute atomic E-state index is 0.0478. The van der Waals surface area contributed by atoms with Crippen molar-refractivity contribution in [3.8, 4) is 21.7 Å². The molecular formula is C28H32N2S. The molecule has 0 saturated carbocycles. The predicted molar refractivity (Wildman–Crippen MR) is 135 cm³/mol. The molecule has 2 aromatic heterocycles. The first-order valence-corrected chi connectivity index (χ1v) is 11.8. The Labute approximate surface area is 190 Å². The molecule has 160 valence electrons. The van der Waals surface area contributed by atoms with Gasteiger partial charge in [-0.25, -0.2) is 0 Å². The van der Waals surface area contributed by atoms with Crippen LogP contribution in [0, 0.1) is 12.3 Å². The van der Waals surface area contributed by atoms with E-state index in [2.05, 4.69) is 113 Å². The third kappa shape index (κ3) is 4.72. The van der Waals surface area contributed by atoms with Crippen LogP contribution in [0.3, 0.4) is 0 Å². The van der Waals surface area contributed by atoms with Crippen LogP contribution in [0.1, 0.15) is 57.7 Å². The third-order valence-corrected chi connectivity index (χ3v) is 6.69. The van der Waals surface area contributed by atoms with Crippen molar-refractivity contribution < 1.29 is 0 Å². The van der Waals surface area contributed by atoms with Crippen molar-refractivity contribution in [1.29, 1.82) is 0 Å². The van der Waals surface area contributed by atoms with Crippen LogP contribution < -0.4 is 0 Å².